The topological polar surface area (TPSA) is 682 Å². The molecule has 43 heteroatoms. The molecular weight excluding hydrogens is 1310 g/mol. The van der Waals surface area contributed by atoms with Gasteiger partial charge in [-0.25, -0.2) is 0 Å². The molecule has 0 saturated carbocycles. The Kier molecular flexibility index (Phi) is 27.9. The summed E-state index contributed by atoms with van der Waals surface area (Å²) in [6.07, 6.45) is -77.9. The van der Waals surface area contributed by atoms with E-state index in [4.69, 9.17) is 71.1 Å². The van der Waals surface area contributed by atoms with E-state index in [1.54, 1.807) is 0 Å². The van der Waals surface area contributed by atoms with Crippen LogP contribution in [0.4, 0.5) is 0 Å². The second-order valence-electron chi connectivity index (χ2n) is 23.9. The molecule has 0 aromatic heterocycles. The first-order valence-electron chi connectivity index (χ1n) is 30.1. The van der Waals surface area contributed by atoms with Gasteiger partial charge < -0.3 is 204 Å². The van der Waals surface area contributed by atoms with Crippen molar-refractivity contribution in [3.05, 3.63) is 0 Å². The fourth-order valence-corrected chi connectivity index (χ4v) is 12.1. The lowest BCUT2D eigenvalue weighted by atomic mass is 9.94. The van der Waals surface area contributed by atoms with Gasteiger partial charge in [-0.05, 0) is 0 Å². The molecule has 0 spiro atoms. The number of rotatable bonds is 24. The van der Waals surface area contributed by atoms with E-state index in [2.05, 4.69) is 10.6 Å². The van der Waals surface area contributed by atoms with Crippen molar-refractivity contribution >= 4 is 11.8 Å². The Bertz CT molecular complexity index is 2380. The van der Waals surface area contributed by atoms with Gasteiger partial charge in [0.2, 0.25) is 11.8 Å². The number of hydrogen-bond acceptors (Lipinski definition) is 41. The Hall–Kier alpha value is -2.62. The molecule has 95 heavy (non-hydrogen) atoms. The van der Waals surface area contributed by atoms with Gasteiger partial charge in [-0.1, -0.05) is 0 Å². The summed E-state index contributed by atoms with van der Waals surface area (Å²) in [4.78, 5) is 24.9. The maximum Gasteiger partial charge on any atom is 0.217 e. The molecule has 0 unspecified atom stereocenters. The van der Waals surface area contributed by atoms with E-state index in [1.165, 1.54) is 0 Å². The molecule has 0 bridgehead atoms. The van der Waals surface area contributed by atoms with Crippen LogP contribution in [0.25, 0.3) is 0 Å². The molecule has 8 fully saturated rings. The van der Waals surface area contributed by atoms with Crippen LogP contribution in [0, 0.1) is 0 Å². The third kappa shape index (κ3) is 17.0. The van der Waals surface area contributed by atoms with E-state index in [0.717, 1.165) is 13.8 Å². The standard InChI is InChI=1S/C52H88N2O41/c1-11(61)53-21-29(69)40(17(7-59)83-45(21)80)91-46-22(54-12(2)62)30(70)41(18(8-60)88-46)92-51-39(79)43(94-52-44(34(74)26(66)16(6-58)87-52)95-50-37(77)33(73)25(65)15(5-57)86-50)28(68)20(90-51)10-82-48-38(78)42(93-49-36(76)32(72)24(64)14(4-56)85-49)27(67)19(89-48)9-81-47-35(75)31(71)23(63)13(3-55)84-47/h13-52,55-60,63-80H,3-10H2,1-2H3,(H,53,61)(H,54,62)/t13-,14-,15-,16-,17-,18-,19-,20-,21+,22-,23-,24-,25-,26-,27-,28-,29-,30-,31+,32+,33+,34+,35+,36+,37+,38+,39+,40-,41-,42+,43+,44+,45-,46+,47+,48+,49-,50-,51+,52-/m1/s1. The van der Waals surface area contributed by atoms with Gasteiger partial charge in [-0.2, -0.15) is 0 Å². The second-order valence-corrected chi connectivity index (χ2v) is 23.9. The van der Waals surface area contributed by atoms with Crippen LogP contribution in [-0.2, 0) is 80.6 Å². The van der Waals surface area contributed by atoms with Crippen LogP contribution in [0.5, 0.6) is 0 Å². The van der Waals surface area contributed by atoms with Gasteiger partial charge in [0.1, 0.15) is 195 Å². The lowest BCUT2D eigenvalue weighted by molar-refractivity contribution is -0.399. The second kappa shape index (κ2) is 33.9. The van der Waals surface area contributed by atoms with Crippen molar-refractivity contribution in [3.63, 3.8) is 0 Å². The summed E-state index contributed by atoms with van der Waals surface area (Å²) in [7, 11) is 0. The first-order chi connectivity index (χ1) is 44.9. The van der Waals surface area contributed by atoms with Crippen LogP contribution >= 0.6 is 0 Å². The summed E-state index contributed by atoms with van der Waals surface area (Å²) in [6.45, 7) is -6.26. The molecular formula is C52H88N2O41. The summed E-state index contributed by atoms with van der Waals surface area (Å²) in [5.41, 5.74) is 0. The Balaban J connectivity index is 1.12. The summed E-state index contributed by atoms with van der Waals surface area (Å²) < 4.78 is 86.6. The van der Waals surface area contributed by atoms with Crippen molar-refractivity contribution in [2.75, 3.05) is 52.9 Å². The van der Waals surface area contributed by atoms with Gasteiger partial charge in [-0.15, -0.1) is 0 Å². The molecule has 8 aliphatic heterocycles. The van der Waals surface area contributed by atoms with Crippen molar-refractivity contribution in [2.45, 2.75) is 259 Å². The molecule has 40 atom stereocenters. The molecule has 8 rings (SSSR count). The van der Waals surface area contributed by atoms with E-state index >= 15 is 0 Å². The number of nitrogens with one attached hydrogen (secondary N) is 2. The molecule has 0 aromatic carbocycles. The number of aliphatic hydroxyl groups is 24. The summed E-state index contributed by atoms with van der Waals surface area (Å²) >= 11 is 0. The van der Waals surface area contributed by atoms with Gasteiger partial charge >= 0.3 is 0 Å². The number of aliphatic hydroxyl groups excluding tert-OH is 24. The van der Waals surface area contributed by atoms with E-state index in [0.29, 0.717) is 0 Å². The molecule has 8 aliphatic rings. The maximum absolute atomic E-state index is 12.8. The normalized spacial score (nSPS) is 50.8. The third-order valence-corrected chi connectivity index (χ3v) is 17.4. The number of carbonyl (C=O) groups excluding carboxylic acids is 2. The van der Waals surface area contributed by atoms with Crippen LogP contribution in [0.1, 0.15) is 13.8 Å². The van der Waals surface area contributed by atoms with E-state index in [9.17, 15) is 132 Å². The van der Waals surface area contributed by atoms with Crippen molar-refractivity contribution in [3.8, 4) is 0 Å². The van der Waals surface area contributed by atoms with E-state index in [1.807, 2.05) is 0 Å². The lowest BCUT2D eigenvalue weighted by Gasteiger charge is -2.50. The van der Waals surface area contributed by atoms with Gasteiger partial charge in [0.05, 0.1) is 52.9 Å². The lowest BCUT2D eigenvalue weighted by Crippen LogP contribution is -2.70. The zero-order chi connectivity index (χ0) is 69.9. The van der Waals surface area contributed by atoms with Gasteiger partial charge in [0, 0.05) is 13.8 Å². The van der Waals surface area contributed by atoms with Gasteiger partial charge in [-0.3, -0.25) is 9.59 Å². The minimum Gasteiger partial charge on any atom is -0.394 e. The zero-order valence-corrected chi connectivity index (χ0v) is 50.4. The number of ether oxygens (including phenoxy) is 15. The quantitative estimate of drug-likeness (QED) is 0.0427. The predicted octanol–water partition coefficient (Wildman–Crippen LogP) is -18.2. The zero-order valence-electron chi connectivity index (χ0n) is 50.4. The van der Waals surface area contributed by atoms with Crippen molar-refractivity contribution < 1.29 is 203 Å². The Morgan fingerprint density at radius 3 is 1.02 bits per heavy atom. The summed E-state index contributed by atoms with van der Waals surface area (Å²) in [6, 6.07) is -3.49. The minimum absolute atomic E-state index is 0.766. The molecule has 8 saturated heterocycles. The number of hydrogen-bond donors (Lipinski definition) is 26. The first kappa shape index (κ1) is 78.1. The highest BCUT2D eigenvalue weighted by Gasteiger charge is 2.59. The average Bonchev–Trinajstić information content (AvgIpc) is 0.778. The maximum atomic E-state index is 12.8. The van der Waals surface area contributed by atoms with E-state index < -0.39 is 310 Å². The average molecular weight is 1400 g/mol. The molecule has 8 heterocycles. The third-order valence-electron chi connectivity index (χ3n) is 17.4. The fraction of sp³-hybridized carbons (Fsp3) is 0.962. The highest BCUT2D eigenvalue weighted by atomic mass is 16.8. The number of amides is 2. The van der Waals surface area contributed by atoms with Crippen molar-refractivity contribution in [2.24, 2.45) is 0 Å². The molecule has 0 aliphatic carbocycles. The highest BCUT2D eigenvalue weighted by Crippen LogP contribution is 2.38. The fourth-order valence-electron chi connectivity index (χ4n) is 12.1. The predicted molar refractivity (Wildman–Crippen MR) is 288 cm³/mol. The van der Waals surface area contributed by atoms with Crippen LogP contribution in [0.3, 0.4) is 0 Å². The molecule has 552 valence electrons. The Labute approximate surface area is 536 Å². The van der Waals surface area contributed by atoms with Gasteiger partial charge in [0.25, 0.3) is 0 Å². The van der Waals surface area contributed by atoms with Crippen LogP contribution in [-0.4, -0.2) is 433 Å². The largest absolute Gasteiger partial charge is 0.394 e. The molecule has 2 amide bonds. The van der Waals surface area contributed by atoms with Crippen LogP contribution in [0.15, 0.2) is 0 Å². The number of carbonyl (C=O) groups is 2. The molecule has 0 aromatic rings. The van der Waals surface area contributed by atoms with Crippen molar-refractivity contribution in [1.29, 1.82) is 0 Å². The molecule has 0 radical (unpaired) electrons. The van der Waals surface area contributed by atoms with Crippen LogP contribution < -0.4 is 10.6 Å². The van der Waals surface area contributed by atoms with Gasteiger partial charge in [0.15, 0.2) is 50.3 Å². The molecule has 26 N–H and O–H groups in total. The monoisotopic (exact) mass is 1400 g/mol. The highest BCUT2D eigenvalue weighted by molar-refractivity contribution is 5.73. The summed E-state index contributed by atoms with van der Waals surface area (Å²) in [5.74, 6) is -1.68. The van der Waals surface area contributed by atoms with Crippen LogP contribution in [0.2, 0.25) is 0 Å². The minimum atomic E-state index is -2.49. The SMILES string of the molecule is CC(=O)N[C@H]1[C@H](O[C@H]2[C@H](O)[C@H](NC(C)=O)[C@H](O)O[C@@H]2CO)O[C@H](CO)[C@@H](O[C@@H]2O[C@H](CO[C@H]3O[C@H](CO[C@H]4O[C@H](CO)[C@@H](O)[C@H](O)[C@@H]4O)[C@@H](O)[C@H](O[C@H]4O[C@H](CO)[C@@H](O)[C@H](O)[C@@H]4O)[C@@H]3O)[C@@H](O)[C@H](O[C@H]3O[C@H](CO)[C@@H](O)[C@H](O)[C@@H]3O[C@H]3O[C@H](CO)[C@@H](O)[C@H](O)[C@@H]3O)[C@@H]2O)[C@@H]1O. The Morgan fingerprint density at radius 2 is 0.568 bits per heavy atom. The van der Waals surface area contributed by atoms with E-state index in [-0.39, 0.29) is 0 Å². The van der Waals surface area contributed by atoms with Crippen molar-refractivity contribution in [1.82, 2.24) is 10.6 Å². The first-order valence-corrected chi connectivity index (χ1v) is 30.1. The Morgan fingerprint density at radius 1 is 0.274 bits per heavy atom. The molecule has 43 nitrogen and oxygen atoms in total. The smallest absolute Gasteiger partial charge is 0.217 e. The summed E-state index contributed by atoms with van der Waals surface area (Å²) in [5, 5.41) is 266.